The highest BCUT2D eigenvalue weighted by Crippen LogP contribution is 2.42. The molecule has 3 heteroatoms. The summed E-state index contributed by atoms with van der Waals surface area (Å²) in [6, 6.07) is 70.0. The Balaban J connectivity index is 0.952. The Labute approximate surface area is 340 Å². The van der Waals surface area contributed by atoms with Crippen LogP contribution < -0.4 is 0 Å². The molecule has 274 valence electrons. The predicted molar refractivity (Wildman–Crippen MR) is 250 cm³/mol. The standard InChI is InChI=1S/C55H38N2S/c1-2-10-35-19-30-54-49(31-35)46-16-9-15-43(55(46)58-54)37-21-25-41(26-22-37)56-50-17-7-5-13-44(50)47-33-39(23-28-52(47)56)40-24-29-53-48(34-40)45-14-6-8-18-51(45)57(53)42-27-20-36-11-3-4-12-38(36)32-42/h3-9,11-34H,2,10H2,1H3. The van der Waals surface area contributed by atoms with E-state index < -0.39 is 0 Å². The lowest BCUT2D eigenvalue weighted by Gasteiger charge is -2.11. The largest absolute Gasteiger partial charge is 0.309 e. The molecule has 0 saturated heterocycles. The molecule has 0 fully saturated rings. The fourth-order valence-electron chi connectivity index (χ4n) is 9.48. The van der Waals surface area contributed by atoms with Crippen LogP contribution in [0.5, 0.6) is 0 Å². The molecule has 0 bridgehead atoms. The lowest BCUT2D eigenvalue weighted by Crippen LogP contribution is -1.94. The van der Waals surface area contributed by atoms with E-state index in [0.717, 1.165) is 12.8 Å². The minimum absolute atomic E-state index is 1.12. The summed E-state index contributed by atoms with van der Waals surface area (Å²) < 4.78 is 7.55. The van der Waals surface area contributed by atoms with E-state index in [9.17, 15) is 0 Å². The SMILES string of the molecule is CCCc1ccc2sc3c(-c4ccc(-n5c6ccccc6c6cc(-c7ccc8c(c7)c7ccccc7n8-c7ccc8ccccc8c7)ccc65)cc4)cccc3c2c1. The van der Waals surface area contributed by atoms with Crippen molar-refractivity contribution in [2.75, 3.05) is 0 Å². The van der Waals surface area contributed by atoms with Crippen LogP contribution in [0.1, 0.15) is 18.9 Å². The van der Waals surface area contributed by atoms with Gasteiger partial charge in [-0.1, -0.05) is 129 Å². The van der Waals surface area contributed by atoms with Gasteiger partial charge in [0.1, 0.15) is 0 Å². The highest BCUT2D eigenvalue weighted by Gasteiger charge is 2.17. The molecular weight excluding hydrogens is 721 g/mol. The van der Waals surface area contributed by atoms with Crippen molar-refractivity contribution < 1.29 is 0 Å². The van der Waals surface area contributed by atoms with Crippen molar-refractivity contribution in [3.63, 3.8) is 0 Å². The van der Waals surface area contributed by atoms with Crippen LogP contribution in [0.15, 0.2) is 188 Å². The van der Waals surface area contributed by atoms with Crippen LogP contribution in [-0.4, -0.2) is 9.13 Å². The molecule has 12 rings (SSSR count). The van der Waals surface area contributed by atoms with Crippen molar-refractivity contribution in [2.45, 2.75) is 19.8 Å². The number of aryl methyl sites for hydroxylation is 1. The lowest BCUT2D eigenvalue weighted by molar-refractivity contribution is 0.924. The second-order valence-corrected chi connectivity index (χ2v) is 16.7. The Kier molecular flexibility index (Phi) is 7.48. The molecule has 0 radical (unpaired) electrons. The van der Waals surface area contributed by atoms with Crippen molar-refractivity contribution in [3.8, 4) is 33.6 Å². The molecule has 0 aliphatic rings. The molecule has 0 aliphatic heterocycles. The molecule has 9 aromatic carbocycles. The first kappa shape index (κ1) is 33.2. The molecule has 3 aromatic heterocycles. The van der Waals surface area contributed by atoms with Crippen LogP contribution in [0.3, 0.4) is 0 Å². The number of thiophene rings is 1. The maximum Gasteiger partial charge on any atom is 0.0541 e. The fraction of sp³-hybridized carbons (Fsp3) is 0.0545. The normalized spacial score (nSPS) is 12.0. The van der Waals surface area contributed by atoms with Crippen LogP contribution in [0.25, 0.3) is 108 Å². The van der Waals surface area contributed by atoms with E-state index in [0.29, 0.717) is 0 Å². The Morgan fingerprint density at radius 1 is 0.397 bits per heavy atom. The highest BCUT2D eigenvalue weighted by atomic mass is 32.1. The summed E-state index contributed by atoms with van der Waals surface area (Å²) in [4.78, 5) is 0. The second-order valence-electron chi connectivity index (χ2n) is 15.6. The smallest absolute Gasteiger partial charge is 0.0541 e. The van der Waals surface area contributed by atoms with Gasteiger partial charge in [0.15, 0.2) is 0 Å². The highest BCUT2D eigenvalue weighted by molar-refractivity contribution is 7.26. The van der Waals surface area contributed by atoms with Gasteiger partial charge in [0, 0.05) is 53.1 Å². The first-order valence-corrected chi connectivity index (χ1v) is 21.1. The number of nitrogens with zero attached hydrogens (tertiary/aromatic N) is 2. The van der Waals surface area contributed by atoms with Crippen molar-refractivity contribution in [1.29, 1.82) is 0 Å². The number of fused-ring (bicyclic) bond motifs is 10. The summed E-state index contributed by atoms with van der Waals surface area (Å²) in [6.45, 7) is 2.25. The van der Waals surface area contributed by atoms with Gasteiger partial charge >= 0.3 is 0 Å². The van der Waals surface area contributed by atoms with E-state index in [1.165, 1.54) is 114 Å². The van der Waals surface area contributed by atoms with Crippen molar-refractivity contribution >= 4 is 85.9 Å². The van der Waals surface area contributed by atoms with Gasteiger partial charge in [-0.3, -0.25) is 0 Å². The van der Waals surface area contributed by atoms with Crippen LogP contribution in [0.4, 0.5) is 0 Å². The summed E-state index contributed by atoms with van der Waals surface area (Å²) in [5, 5.41) is 10.3. The number of rotatable bonds is 6. The third kappa shape index (κ3) is 5.10. The summed E-state index contributed by atoms with van der Waals surface area (Å²) in [5.74, 6) is 0. The Morgan fingerprint density at radius 2 is 0.983 bits per heavy atom. The Hall–Kier alpha value is -6.94. The zero-order chi connectivity index (χ0) is 38.3. The van der Waals surface area contributed by atoms with Gasteiger partial charge in [-0.15, -0.1) is 11.3 Å². The van der Waals surface area contributed by atoms with E-state index >= 15 is 0 Å². The van der Waals surface area contributed by atoms with Gasteiger partial charge in [0.2, 0.25) is 0 Å². The van der Waals surface area contributed by atoms with Gasteiger partial charge in [0.25, 0.3) is 0 Å². The maximum absolute atomic E-state index is 2.42. The average molecular weight is 759 g/mol. The van der Waals surface area contributed by atoms with Crippen LogP contribution in [0.2, 0.25) is 0 Å². The minimum Gasteiger partial charge on any atom is -0.309 e. The molecule has 0 amide bonds. The quantitative estimate of drug-likeness (QED) is 0.160. The average Bonchev–Trinajstić information content (AvgIpc) is 3.93. The zero-order valence-electron chi connectivity index (χ0n) is 32.1. The Bertz CT molecular complexity index is 3580. The minimum atomic E-state index is 1.12. The lowest BCUT2D eigenvalue weighted by atomic mass is 10.0. The summed E-state index contributed by atoms with van der Waals surface area (Å²) >= 11 is 1.91. The molecule has 0 aliphatic carbocycles. The summed E-state index contributed by atoms with van der Waals surface area (Å²) in [7, 11) is 0. The predicted octanol–water partition coefficient (Wildman–Crippen LogP) is 15.7. The van der Waals surface area contributed by atoms with Crippen LogP contribution in [-0.2, 0) is 6.42 Å². The van der Waals surface area contributed by atoms with E-state index in [1.807, 2.05) is 11.3 Å². The zero-order valence-corrected chi connectivity index (χ0v) is 32.9. The maximum atomic E-state index is 2.42. The van der Waals surface area contributed by atoms with Crippen molar-refractivity contribution in [2.24, 2.45) is 0 Å². The topological polar surface area (TPSA) is 9.86 Å². The molecule has 2 nitrogen and oxygen atoms in total. The first-order chi connectivity index (χ1) is 28.7. The molecule has 0 N–H and O–H groups in total. The molecule has 0 spiro atoms. The van der Waals surface area contributed by atoms with E-state index in [4.69, 9.17) is 0 Å². The van der Waals surface area contributed by atoms with Crippen LogP contribution >= 0.6 is 11.3 Å². The monoisotopic (exact) mass is 758 g/mol. The van der Waals surface area contributed by atoms with Crippen molar-refractivity contribution in [1.82, 2.24) is 9.13 Å². The third-order valence-electron chi connectivity index (χ3n) is 12.2. The molecule has 12 aromatic rings. The first-order valence-electron chi connectivity index (χ1n) is 20.3. The van der Waals surface area contributed by atoms with Gasteiger partial charge in [0.05, 0.1) is 22.1 Å². The summed E-state index contributed by atoms with van der Waals surface area (Å²) in [5.41, 5.74) is 13.6. The fourth-order valence-corrected chi connectivity index (χ4v) is 10.7. The molecule has 58 heavy (non-hydrogen) atoms. The molecule has 3 heterocycles. The third-order valence-corrected chi connectivity index (χ3v) is 13.4. The molecular formula is C55H38N2S. The number of para-hydroxylation sites is 2. The number of aromatic nitrogens is 2. The molecule has 0 unspecified atom stereocenters. The number of benzene rings is 9. The van der Waals surface area contributed by atoms with E-state index in [1.54, 1.807) is 0 Å². The van der Waals surface area contributed by atoms with E-state index in [-0.39, 0.29) is 0 Å². The van der Waals surface area contributed by atoms with Gasteiger partial charge < -0.3 is 9.13 Å². The van der Waals surface area contributed by atoms with Gasteiger partial charge in [-0.05, 0) is 118 Å². The van der Waals surface area contributed by atoms with Crippen molar-refractivity contribution in [3.05, 3.63) is 194 Å². The summed E-state index contributed by atoms with van der Waals surface area (Å²) in [6.07, 6.45) is 2.28. The van der Waals surface area contributed by atoms with Gasteiger partial charge in [-0.25, -0.2) is 0 Å². The number of hydrogen-bond donors (Lipinski definition) is 0. The van der Waals surface area contributed by atoms with Crippen LogP contribution in [0, 0.1) is 0 Å². The molecule has 0 atom stereocenters. The number of hydrogen-bond acceptors (Lipinski definition) is 1. The Morgan fingerprint density at radius 3 is 1.69 bits per heavy atom. The van der Waals surface area contributed by atoms with Gasteiger partial charge in [-0.2, -0.15) is 0 Å². The molecule has 0 saturated carbocycles. The second kappa shape index (κ2) is 13.1. The van der Waals surface area contributed by atoms with E-state index in [2.05, 4.69) is 204 Å².